The zero-order chi connectivity index (χ0) is 27.2. The highest BCUT2D eigenvalue weighted by Gasteiger charge is 2.30. The van der Waals surface area contributed by atoms with Gasteiger partial charge in [-0.1, -0.05) is 134 Å². The summed E-state index contributed by atoms with van der Waals surface area (Å²) in [5.41, 5.74) is 11.3. The molecular weight excluding hydrogens is 420 g/mol. The molecule has 0 spiro atoms. The molecule has 2 rings (SSSR count). The van der Waals surface area contributed by atoms with Gasteiger partial charge in [-0.2, -0.15) is 0 Å². The Balaban J connectivity index is 2.55. The average molecular weight is 477 g/mol. The molecule has 35 heavy (non-hydrogen) atoms. The largest absolute Gasteiger partial charge is 0.0582 e. The third kappa shape index (κ3) is 7.47. The van der Waals surface area contributed by atoms with E-state index in [1.165, 1.54) is 34.2 Å². The summed E-state index contributed by atoms with van der Waals surface area (Å²) < 4.78 is 0. The molecule has 2 aromatic carbocycles. The van der Waals surface area contributed by atoms with Crippen molar-refractivity contribution in [3.8, 4) is 0 Å². The van der Waals surface area contributed by atoms with Crippen molar-refractivity contribution in [2.24, 2.45) is 0 Å². The molecule has 0 fully saturated rings. The first-order valence-electron chi connectivity index (χ1n) is 13.8. The van der Waals surface area contributed by atoms with Gasteiger partial charge in [0.1, 0.15) is 0 Å². The quantitative estimate of drug-likeness (QED) is 0.411. The van der Waals surface area contributed by atoms with Gasteiger partial charge in [-0.05, 0) is 85.3 Å². The third-order valence-corrected chi connectivity index (χ3v) is 7.32. The highest BCUT2D eigenvalue weighted by atomic mass is 14.3. The average Bonchev–Trinajstić information content (AvgIpc) is 2.63. The second kappa shape index (κ2) is 9.72. The van der Waals surface area contributed by atoms with Crippen molar-refractivity contribution in [3.63, 3.8) is 0 Å². The van der Waals surface area contributed by atoms with Crippen molar-refractivity contribution in [1.29, 1.82) is 0 Å². The fraction of sp³-hybridized carbons (Fsp3) is 0.657. The third-order valence-electron chi connectivity index (χ3n) is 7.32. The summed E-state index contributed by atoms with van der Waals surface area (Å²) >= 11 is 0. The Hall–Kier alpha value is -1.56. The molecule has 0 heterocycles. The molecule has 0 radical (unpaired) electrons. The molecule has 196 valence electrons. The van der Waals surface area contributed by atoms with Crippen LogP contribution in [0.2, 0.25) is 0 Å². The summed E-state index contributed by atoms with van der Waals surface area (Å²) in [4.78, 5) is 0. The van der Waals surface area contributed by atoms with Crippen molar-refractivity contribution >= 4 is 0 Å². The van der Waals surface area contributed by atoms with E-state index in [4.69, 9.17) is 0 Å². The minimum absolute atomic E-state index is 0.122. The first kappa shape index (κ1) is 29.7. The van der Waals surface area contributed by atoms with E-state index in [-0.39, 0.29) is 27.1 Å². The van der Waals surface area contributed by atoms with Crippen LogP contribution < -0.4 is 0 Å². The fourth-order valence-corrected chi connectivity index (χ4v) is 5.28. The Morgan fingerprint density at radius 1 is 0.429 bits per heavy atom. The molecule has 0 nitrogen and oxygen atoms in total. The van der Waals surface area contributed by atoms with Gasteiger partial charge in [0.05, 0.1) is 0 Å². The fourth-order valence-electron chi connectivity index (χ4n) is 5.28. The Labute approximate surface area is 219 Å². The summed E-state index contributed by atoms with van der Waals surface area (Å²) in [5.74, 6) is 0. The van der Waals surface area contributed by atoms with E-state index < -0.39 is 0 Å². The van der Waals surface area contributed by atoms with Crippen molar-refractivity contribution in [1.82, 2.24) is 0 Å². The van der Waals surface area contributed by atoms with Gasteiger partial charge < -0.3 is 0 Å². The molecule has 0 N–H and O–H groups in total. The monoisotopic (exact) mass is 476 g/mol. The normalized spacial score (nSPS) is 13.9. The van der Waals surface area contributed by atoms with Crippen molar-refractivity contribution in [3.05, 3.63) is 69.3 Å². The molecule has 0 bridgehead atoms. The smallest absolute Gasteiger partial charge is 0.0126 e. The van der Waals surface area contributed by atoms with Crippen molar-refractivity contribution in [2.45, 2.75) is 150 Å². The van der Waals surface area contributed by atoms with Crippen LogP contribution in [0.5, 0.6) is 0 Å². The van der Waals surface area contributed by atoms with Crippen molar-refractivity contribution < 1.29 is 0 Å². The molecule has 0 aliphatic rings. The summed E-state index contributed by atoms with van der Waals surface area (Å²) in [6.07, 6.45) is 3.44. The van der Waals surface area contributed by atoms with E-state index in [1.807, 2.05) is 0 Å². The van der Waals surface area contributed by atoms with Gasteiger partial charge in [-0.3, -0.25) is 0 Å². The topological polar surface area (TPSA) is 0 Å². The number of rotatable bonds is 4. The molecule has 0 unspecified atom stereocenters. The minimum Gasteiger partial charge on any atom is -0.0582 e. The predicted molar refractivity (Wildman–Crippen MR) is 158 cm³/mol. The molecule has 0 saturated heterocycles. The number of hydrogen-bond donors (Lipinski definition) is 0. The summed E-state index contributed by atoms with van der Waals surface area (Å²) in [5, 5.41) is 0. The van der Waals surface area contributed by atoms with E-state index in [1.54, 1.807) is 11.1 Å². The lowest BCUT2D eigenvalue weighted by Gasteiger charge is -2.35. The first-order valence-corrected chi connectivity index (χ1v) is 13.8. The number of hydrogen-bond acceptors (Lipinski definition) is 0. The van der Waals surface area contributed by atoms with Crippen LogP contribution in [0.3, 0.4) is 0 Å². The molecule has 0 aliphatic heterocycles. The van der Waals surface area contributed by atoms with Crippen LogP contribution in [0.25, 0.3) is 0 Å². The van der Waals surface area contributed by atoms with Crippen LogP contribution in [0, 0.1) is 0 Å². The lowest BCUT2D eigenvalue weighted by atomic mass is 9.70. The molecule has 2 aromatic rings. The lowest BCUT2D eigenvalue weighted by Crippen LogP contribution is -2.26. The first-order chi connectivity index (χ1) is 15.5. The van der Waals surface area contributed by atoms with Gasteiger partial charge in [-0.15, -0.1) is 0 Å². The van der Waals surface area contributed by atoms with E-state index in [0.29, 0.717) is 0 Å². The summed E-state index contributed by atoms with van der Waals surface area (Å²) in [7, 11) is 0. The number of benzene rings is 2. The summed E-state index contributed by atoms with van der Waals surface area (Å²) in [6.45, 7) is 35.4. The van der Waals surface area contributed by atoms with Gasteiger partial charge in [0.2, 0.25) is 0 Å². The number of aryl methyl sites for hydroxylation is 2. The minimum atomic E-state index is 0.122. The molecule has 0 aromatic heterocycles. The maximum Gasteiger partial charge on any atom is -0.0126 e. The maximum absolute atomic E-state index is 2.53. The van der Waals surface area contributed by atoms with Crippen LogP contribution in [-0.2, 0) is 39.9 Å². The molecule has 0 heteroatoms. The predicted octanol–water partition coefficient (Wildman–Crippen LogP) is 10.3. The SMILES string of the molecule is CC(C)(C)c1ccc(C(C)(C)C)c(CCCc2cc(C(C)(C)C)cc(C(C)(C)C)c2C(C)(C)C)c1. The van der Waals surface area contributed by atoms with Crippen LogP contribution in [0.1, 0.15) is 149 Å². The standard InChI is InChI=1S/C35H56/c1-31(2,3)26-19-20-28(33(7,8)9)24(21-26)17-16-18-25-22-27(32(4,5)6)23-29(34(10,11)12)30(25)35(13,14)15/h19-23H,16-18H2,1-15H3. The highest BCUT2D eigenvalue weighted by molar-refractivity contribution is 5.48. The van der Waals surface area contributed by atoms with Gasteiger partial charge in [0, 0.05) is 0 Å². The van der Waals surface area contributed by atoms with Gasteiger partial charge in [0.25, 0.3) is 0 Å². The highest BCUT2D eigenvalue weighted by Crippen LogP contribution is 2.40. The Bertz CT molecular complexity index is 1010. The Kier molecular flexibility index (Phi) is 8.24. The van der Waals surface area contributed by atoms with Gasteiger partial charge >= 0.3 is 0 Å². The van der Waals surface area contributed by atoms with E-state index in [9.17, 15) is 0 Å². The van der Waals surface area contributed by atoms with E-state index in [2.05, 4.69) is 134 Å². The second-order valence-electron chi connectivity index (χ2n) is 16.0. The van der Waals surface area contributed by atoms with Gasteiger partial charge in [0.15, 0.2) is 0 Å². The molecule has 0 saturated carbocycles. The molecule has 0 amide bonds. The van der Waals surface area contributed by atoms with Crippen LogP contribution in [0.15, 0.2) is 30.3 Å². The van der Waals surface area contributed by atoms with E-state index in [0.717, 1.165) is 12.8 Å². The zero-order valence-corrected chi connectivity index (χ0v) is 26.0. The molecule has 0 atom stereocenters. The Morgan fingerprint density at radius 3 is 1.31 bits per heavy atom. The van der Waals surface area contributed by atoms with Gasteiger partial charge in [-0.25, -0.2) is 0 Å². The molecular formula is C35H56. The maximum atomic E-state index is 2.53. The summed E-state index contributed by atoms with van der Waals surface area (Å²) in [6, 6.07) is 12.3. The van der Waals surface area contributed by atoms with Crippen LogP contribution >= 0.6 is 0 Å². The van der Waals surface area contributed by atoms with Crippen molar-refractivity contribution in [2.75, 3.05) is 0 Å². The Morgan fingerprint density at radius 2 is 0.886 bits per heavy atom. The van der Waals surface area contributed by atoms with Crippen LogP contribution in [0.4, 0.5) is 0 Å². The zero-order valence-electron chi connectivity index (χ0n) is 26.0. The van der Waals surface area contributed by atoms with Crippen LogP contribution in [-0.4, -0.2) is 0 Å². The second-order valence-corrected chi connectivity index (χ2v) is 16.0. The molecule has 0 aliphatic carbocycles. The van der Waals surface area contributed by atoms with E-state index >= 15 is 0 Å². The lowest BCUT2D eigenvalue weighted by molar-refractivity contribution is 0.515.